The van der Waals surface area contributed by atoms with Crippen LogP contribution in [-0.2, 0) is 0 Å². The number of carbonyl (C=O) groups excluding carboxylic acids is 1. The molecule has 1 N–H and O–H groups in total. The highest BCUT2D eigenvalue weighted by atomic mass is 16.5. The number of hydrogen-bond acceptors (Lipinski definition) is 4. The molecule has 2 fully saturated rings. The molecular formula is C15H18N2O4. The Morgan fingerprint density at radius 2 is 2.00 bits per heavy atom. The molecule has 2 saturated heterocycles. The molecule has 0 aliphatic carbocycles. The van der Waals surface area contributed by atoms with E-state index in [2.05, 4.69) is 4.98 Å². The fraction of sp³-hybridized carbons (Fsp3) is 0.533. The molecule has 0 saturated carbocycles. The largest absolute Gasteiger partial charge is 0.474 e. The van der Waals surface area contributed by atoms with Gasteiger partial charge in [-0.25, -0.2) is 9.78 Å². The number of ether oxygens (including phenoxy) is 1. The van der Waals surface area contributed by atoms with E-state index in [1.165, 1.54) is 6.92 Å². The standard InChI is InChI=1S/C15H18N2O4/c1-9(18)13-3-2-6-16-14(13)21-12-7-10-4-5-11(8-12)17(10)15(19)20/h2-3,6,10-12H,4-5,7-8H2,1H3,(H,19,20)/t10-,11+,12+. The highest BCUT2D eigenvalue weighted by Gasteiger charge is 2.44. The first-order valence-corrected chi connectivity index (χ1v) is 7.20. The second-order valence-electron chi connectivity index (χ2n) is 5.70. The van der Waals surface area contributed by atoms with Crippen LogP contribution in [0.25, 0.3) is 0 Å². The van der Waals surface area contributed by atoms with Crippen molar-refractivity contribution in [2.75, 3.05) is 0 Å². The van der Waals surface area contributed by atoms with Gasteiger partial charge in [-0.3, -0.25) is 4.79 Å². The molecule has 3 rings (SSSR count). The average molecular weight is 290 g/mol. The van der Waals surface area contributed by atoms with E-state index in [1.807, 2.05) is 0 Å². The lowest BCUT2D eigenvalue weighted by Crippen LogP contribution is -2.48. The third kappa shape index (κ3) is 2.57. The first kappa shape index (κ1) is 13.9. The van der Waals surface area contributed by atoms with Crippen LogP contribution in [-0.4, -0.2) is 45.1 Å². The topological polar surface area (TPSA) is 79.7 Å². The van der Waals surface area contributed by atoms with Gasteiger partial charge in [0.05, 0.1) is 5.56 Å². The van der Waals surface area contributed by atoms with Crippen molar-refractivity contribution < 1.29 is 19.4 Å². The number of pyridine rings is 1. The molecule has 6 heteroatoms. The van der Waals surface area contributed by atoms with Crippen LogP contribution in [0.2, 0.25) is 0 Å². The predicted octanol–water partition coefficient (Wildman–Crippen LogP) is 2.34. The zero-order valence-corrected chi connectivity index (χ0v) is 11.9. The summed E-state index contributed by atoms with van der Waals surface area (Å²) in [5.74, 6) is 0.280. The van der Waals surface area contributed by atoms with Gasteiger partial charge in [0.25, 0.3) is 0 Å². The number of nitrogens with zero attached hydrogens (tertiary/aromatic N) is 2. The maximum absolute atomic E-state index is 11.6. The fourth-order valence-electron chi connectivity index (χ4n) is 3.45. The number of fused-ring (bicyclic) bond motifs is 2. The van der Waals surface area contributed by atoms with Gasteiger partial charge >= 0.3 is 6.09 Å². The summed E-state index contributed by atoms with van der Waals surface area (Å²) in [7, 11) is 0. The molecule has 6 nitrogen and oxygen atoms in total. The first-order valence-electron chi connectivity index (χ1n) is 7.20. The zero-order valence-electron chi connectivity index (χ0n) is 11.9. The highest BCUT2D eigenvalue weighted by molar-refractivity contribution is 5.96. The van der Waals surface area contributed by atoms with Gasteiger partial charge in [-0.05, 0) is 31.9 Å². The Bertz CT molecular complexity index is 561. The van der Waals surface area contributed by atoms with Crippen LogP contribution in [0.15, 0.2) is 18.3 Å². The lowest BCUT2D eigenvalue weighted by Gasteiger charge is -2.36. The normalized spacial score (nSPS) is 27.5. The number of carboxylic acid groups (broad SMARTS) is 1. The molecule has 3 heterocycles. The van der Waals surface area contributed by atoms with Gasteiger partial charge in [0.2, 0.25) is 5.88 Å². The van der Waals surface area contributed by atoms with Crippen LogP contribution < -0.4 is 4.74 Å². The summed E-state index contributed by atoms with van der Waals surface area (Å²) >= 11 is 0. The molecule has 3 atom stereocenters. The van der Waals surface area contributed by atoms with E-state index >= 15 is 0 Å². The van der Waals surface area contributed by atoms with Gasteiger partial charge in [0, 0.05) is 31.1 Å². The van der Waals surface area contributed by atoms with Crippen molar-refractivity contribution in [3.63, 3.8) is 0 Å². The summed E-state index contributed by atoms with van der Waals surface area (Å²) in [5.41, 5.74) is 0.477. The summed E-state index contributed by atoms with van der Waals surface area (Å²) in [6.07, 6.45) is 3.78. The Morgan fingerprint density at radius 3 is 2.57 bits per heavy atom. The SMILES string of the molecule is CC(=O)c1cccnc1O[C@H]1C[C@H]2CC[C@@H](C1)N2C(=O)O. The highest BCUT2D eigenvalue weighted by Crippen LogP contribution is 2.37. The summed E-state index contributed by atoms with van der Waals surface area (Å²) in [6, 6.07) is 3.46. The quantitative estimate of drug-likeness (QED) is 0.864. The van der Waals surface area contributed by atoms with E-state index in [4.69, 9.17) is 4.74 Å². The van der Waals surface area contributed by atoms with E-state index in [1.54, 1.807) is 23.2 Å². The molecule has 112 valence electrons. The fourth-order valence-corrected chi connectivity index (χ4v) is 3.45. The van der Waals surface area contributed by atoms with Crippen molar-refractivity contribution in [2.24, 2.45) is 0 Å². The Morgan fingerprint density at radius 1 is 1.33 bits per heavy atom. The van der Waals surface area contributed by atoms with Gasteiger partial charge in [-0.1, -0.05) is 0 Å². The Balaban J connectivity index is 1.74. The Labute approximate surface area is 122 Å². The number of carbonyl (C=O) groups is 2. The molecule has 0 aromatic carbocycles. The van der Waals surface area contributed by atoms with Gasteiger partial charge in [0.15, 0.2) is 5.78 Å². The third-order valence-corrected chi connectivity index (χ3v) is 4.34. The zero-order chi connectivity index (χ0) is 15.0. The molecule has 2 bridgehead atoms. The van der Waals surface area contributed by atoms with Gasteiger partial charge in [-0.2, -0.15) is 0 Å². The molecule has 0 unspecified atom stereocenters. The predicted molar refractivity (Wildman–Crippen MR) is 74.6 cm³/mol. The van der Waals surface area contributed by atoms with Gasteiger partial charge in [0.1, 0.15) is 6.10 Å². The first-order chi connectivity index (χ1) is 10.1. The molecule has 1 aromatic heterocycles. The number of amides is 1. The minimum Gasteiger partial charge on any atom is -0.474 e. The lowest BCUT2D eigenvalue weighted by molar-refractivity contribution is 0.0472. The Kier molecular flexibility index (Phi) is 3.53. The molecule has 1 aromatic rings. The minimum absolute atomic E-state index is 0.0238. The lowest BCUT2D eigenvalue weighted by atomic mass is 10.00. The third-order valence-electron chi connectivity index (χ3n) is 4.34. The summed E-state index contributed by atoms with van der Waals surface area (Å²) in [5, 5.41) is 9.24. The van der Waals surface area contributed by atoms with Crippen molar-refractivity contribution in [2.45, 2.75) is 50.8 Å². The second-order valence-corrected chi connectivity index (χ2v) is 5.70. The van der Waals surface area contributed by atoms with Crippen molar-refractivity contribution in [1.29, 1.82) is 0 Å². The van der Waals surface area contributed by atoms with Crippen molar-refractivity contribution in [3.05, 3.63) is 23.9 Å². The Hall–Kier alpha value is -2.11. The van der Waals surface area contributed by atoms with Crippen LogP contribution in [0.3, 0.4) is 0 Å². The molecule has 1 amide bonds. The van der Waals surface area contributed by atoms with E-state index in [-0.39, 0.29) is 24.0 Å². The van der Waals surface area contributed by atoms with E-state index in [9.17, 15) is 14.7 Å². The van der Waals surface area contributed by atoms with E-state index in [0.717, 1.165) is 12.8 Å². The summed E-state index contributed by atoms with van der Waals surface area (Å²) < 4.78 is 5.91. The number of aromatic nitrogens is 1. The number of rotatable bonds is 3. The summed E-state index contributed by atoms with van der Waals surface area (Å²) in [4.78, 5) is 28.5. The number of hydrogen-bond donors (Lipinski definition) is 1. The second kappa shape index (κ2) is 5.35. The van der Waals surface area contributed by atoms with Gasteiger partial charge < -0.3 is 14.7 Å². The van der Waals surface area contributed by atoms with Crippen LogP contribution in [0, 0.1) is 0 Å². The molecule has 21 heavy (non-hydrogen) atoms. The van der Waals surface area contributed by atoms with E-state index in [0.29, 0.717) is 24.3 Å². The number of Topliss-reactive ketones (excluding diaryl/α,β-unsaturated/α-hetero) is 1. The maximum Gasteiger partial charge on any atom is 0.407 e. The average Bonchev–Trinajstić information content (AvgIpc) is 2.71. The number of piperidine rings is 1. The molecule has 0 radical (unpaired) electrons. The van der Waals surface area contributed by atoms with Crippen LogP contribution >= 0.6 is 0 Å². The molecule has 0 spiro atoms. The number of ketones is 1. The van der Waals surface area contributed by atoms with Crippen LogP contribution in [0.5, 0.6) is 5.88 Å². The van der Waals surface area contributed by atoms with Crippen molar-refractivity contribution in [3.8, 4) is 5.88 Å². The van der Waals surface area contributed by atoms with E-state index < -0.39 is 6.09 Å². The molecular weight excluding hydrogens is 272 g/mol. The smallest absolute Gasteiger partial charge is 0.407 e. The summed E-state index contributed by atoms with van der Waals surface area (Å²) in [6.45, 7) is 1.49. The van der Waals surface area contributed by atoms with Crippen molar-refractivity contribution in [1.82, 2.24) is 9.88 Å². The van der Waals surface area contributed by atoms with Gasteiger partial charge in [-0.15, -0.1) is 0 Å². The van der Waals surface area contributed by atoms with Crippen LogP contribution in [0.4, 0.5) is 4.79 Å². The molecule has 2 aliphatic rings. The molecule has 2 aliphatic heterocycles. The monoisotopic (exact) mass is 290 g/mol. The minimum atomic E-state index is -0.844. The van der Waals surface area contributed by atoms with Crippen molar-refractivity contribution >= 4 is 11.9 Å². The maximum atomic E-state index is 11.6. The van der Waals surface area contributed by atoms with Crippen LogP contribution in [0.1, 0.15) is 43.0 Å².